The summed E-state index contributed by atoms with van der Waals surface area (Å²) in [6.07, 6.45) is 5.00. The number of ketones is 1. The zero-order valence-corrected chi connectivity index (χ0v) is 18.0. The Kier molecular flexibility index (Phi) is 5.67. The molecule has 1 aliphatic rings. The number of nitrogens with one attached hydrogen (secondary N) is 3. The summed E-state index contributed by atoms with van der Waals surface area (Å²) in [5, 5.41) is 3.59. The molecule has 0 saturated heterocycles. The quantitative estimate of drug-likeness (QED) is 0.232. The van der Waals surface area contributed by atoms with Gasteiger partial charge in [0.2, 0.25) is 5.78 Å². The molecule has 0 unspecified atom stereocenters. The van der Waals surface area contributed by atoms with E-state index in [0.717, 1.165) is 30.9 Å². The Bertz CT molecular complexity index is 1360. The predicted octanol–water partition coefficient (Wildman–Crippen LogP) is 5.55. The zero-order chi connectivity index (χ0) is 22.9. The molecular weight excluding hydrogens is 451 g/mol. The van der Waals surface area contributed by atoms with E-state index in [1.54, 1.807) is 6.07 Å². The third-order valence-electron chi connectivity index (χ3n) is 5.36. The normalized spacial score (nSPS) is 13.3. The SMILES string of the molecule is O=C(c1c(F)ccc(NSc2cccc(F)c2)c1F)c1c[nH]c2ncnc(NCC3CC3)c12. The number of halogens is 3. The molecule has 5 rings (SSSR count). The lowest BCUT2D eigenvalue weighted by Gasteiger charge is -2.11. The Hall–Kier alpha value is -3.53. The second-order valence-electron chi connectivity index (χ2n) is 7.75. The molecule has 2 aromatic heterocycles. The number of aromatic nitrogens is 3. The summed E-state index contributed by atoms with van der Waals surface area (Å²) in [4.78, 5) is 25.0. The topological polar surface area (TPSA) is 82.7 Å². The van der Waals surface area contributed by atoms with E-state index >= 15 is 4.39 Å². The largest absolute Gasteiger partial charge is 0.369 e. The minimum Gasteiger partial charge on any atom is -0.369 e. The van der Waals surface area contributed by atoms with Crippen LogP contribution in [0.5, 0.6) is 0 Å². The first-order chi connectivity index (χ1) is 16.0. The Balaban J connectivity index is 1.47. The van der Waals surface area contributed by atoms with Crippen molar-refractivity contribution in [1.29, 1.82) is 0 Å². The van der Waals surface area contributed by atoms with Gasteiger partial charge in [-0.15, -0.1) is 0 Å². The molecule has 2 heterocycles. The molecule has 4 aromatic rings. The van der Waals surface area contributed by atoms with E-state index in [4.69, 9.17) is 0 Å². The van der Waals surface area contributed by atoms with Crippen LogP contribution in [0.1, 0.15) is 28.8 Å². The van der Waals surface area contributed by atoms with Crippen LogP contribution in [0.25, 0.3) is 11.0 Å². The monoisotopic (exact) mass is 469 g/mol. The van der Waals surface area contributed by atoms with Crippen LogP contribution in [0.2, 0.25) is 0 Å². The average molecular weight is 469 g/mol. The molecule has 0 spiro atoms. The molecule has 0 bridgehead atoms. The first-order valence-electron chi connectivity index (χ1n) is 10.3. The summed E-state index contributed by atoms with van der Waals surface area (Å²) in [6.45, 7) is 0.699. The van der Waals surface area contributed by atoms with Crippen molar-refractivity contribution in [2.24, 2.45) is 5.92 Å². The number of carbonyl (C=O) groups is 1. The Morgan fingerprint density at radius 3 is 2.79 bits per heavy atom. The van der Waals surface area contributed by atoms with Gasteiger partial charge in [0.25, 0.3) is 0 Å². The summed E-state index contributed by atoms with van der Waals surface area (Å²) in [5.41, 5.74) is -0.338. The Labute approximate surface area is 191 Å². The first kappa shape index (κ1) is 21.3. The zero-order valence-electron chi connectivity index (χ0n) is 17.2. The van der Waals surface area contributed by atoms with E-state index in [1.807, 2.05) is 0 Å². The van der Waals surface area contributed by atoms with Crippen molar-refractivity contribution in [3.63, 3.8) is 0 Å². The summed E-state index contributed by atoms with van der Waals surface area (Å²) in [5.74, 6) is -2.31. The van der Waals surface area contributed by atoms with Gasteiger partial charge in [-0.05, 0) is 61.0 Å². The van der Waals surface area contributed by atoms with Crippen molar-refractivity contribution < 1.29 is 18.0 Å². The molecular formula is C23H18F3N5OS. The fourth-order valence-electron chi connectivity index (χ4n) is 3.46. The van der Waals surface area contributed by atoms with E-state index < -0.39 is 28.8 Å². The van der Waals surface area contributed by atoms with Crippen molar-refractivity contribution in [1.82, 2.24) is 15.0 Å². The van der Waals surface area contributed by atoms with Gasteiger partial charge in [0.1, 0.15) is 29.4 Å². The number of aromatic amines is 1. The van der Waals surface area contributed by atoms with Crippen molar-refractivity contribution in [3.8, 4) is 0 Å². The lowest BCUT2D eigenvalue weighted by Crippen LogP contribution is -2.11. The lowest BCUT2D eigenvalue weighted by atomic mass is 10.0. The molecule has 0 radical (unpaired) electrons. The molecule has 3 N–H and O–H groups in total. The number of benzene rings is 2. The highest BCUT2D eigenvalue weighted by molar-refractivity contribution is 8.00. The fourth-order valence-corrected chi connectivity index (χ4v) is 4.16. The van der Waals surface area contributed by atoms with Gasteiger partial charge < -0.3 is 15.0 Å². The summed E-state index contributed by atoms with van der Waals surface area (Å²) >= 11 is 0.946. The highest BCUT2D eigenvalue weighted by Gasteiger charge is 2.27. The van der Waals surface area contributed by atoms with Gasteiger partial charge in [0, 0.05) is 17.6 Å². The smallest absolute Gasteiger partial charge is 0.201 e. The minimum atomic E-state index is -1.04. The van der Waals surface area contributed by atoms with Crippen molar-refractivity contribution in [2.45, 2.75) is 17.7 Å². The molecule has 1 saturated carbocycles. The summed E-state index contributed by atoms with van der Waals surface area (Å²) in [7, 11) is 0. The predicted molar refractivity (Wildman–Crippen MR) is 121 cm³/mol. The van der Waals surface area contributed by atoms with Gasteiger partial charge in [0.05, 0.1) is 22.2 Å². The van der Waals surface area contributed by atoms with Crippen LogP contribution in [0.4, 0.5) is 24.7 Å². The number of H-pyrrole nitrogens is 1. The van der Waals surface area contributed by atoms with E-state index in [0.29, 0.717) is 34.2 Å². The maximum Gasteiger partial charge on any atom is 0.201 e. The molecule has 1 fully saturated rings. The molecule has 10 heteroatoms. The van der Waals surface area contributed by atoms with Gasteiger partial charge in [-0.2, -0.15) is 0 Å². The second kappa shape index (κ2) is 8.78. The number of fused-ring (bicyclic) bond motifs is 1. The van der Waals surface area contributed by atoms with E-state index in [9.17, 15) is 13.6 Å². The first-order valence-corrected chi connectivity index (χ1v) is 11.1. The molecule has 0 aliphatic heterocycles. The van der Waals surface area contributed by atoms with Crippen LogP contribution in [0.15, 0.2) is 53.8 Å². The van der Waals surface area contributed by atoms with E-state index in [-0.39, 0.29) is 11.3 Å². The van der Waals surface area contributed by atoms with Gasteiger partial charge in [-0.3, -0.25) is 4.79 Å². The van der Waals surface area contributed by atoms with E-state index in [1.165, 1.54) is 36.8 Å². The highest BCUT2D eigenvalue weighted by Crippen LogP contribution is 2.33. The average Bonchev–Trinajstić information content (AvgIpc) is 3.53. The van der Waals surface area contributed by atoms with Gasteiger partial charge >= 0.3 is 0 Å². The summed E-state index contributed by atoms with van der Waals surface area (Å²) in [6, 6.07) is 7.92. The summed E-state index contributed by atoms with van der Waals surface area (Å²) < 4.78 is 46.0. The third kappa shape index (κ3) is 4.38. The van der Waals surface area contributed by atoms with E-state index in [2.05, 4.69) is 25.0 Å². The molecule has 0 amide bonds. The van der Waals surface area contributed by atoms with Crippen LogP contribution in [0, 0.1) is 23.4 Å². The molecule has 33 heavy (non-hydrogen) atoms. The molecule has 2 aromatic carbocycles. The van der Waals surface area contributed by atoms with Gasteiger partial charge in [-0.1, -0.05) is 6.07 Å². The van der Waals surface area contributed by atoms with Crippen LogP contribution < -0.4 is 10.0 Å². The standard InChI is InChI=1S/C23H18F3N5OS/c24-13-2-1-3-14(8-13)33-31-17-7-6-16(25)19(20(17)26)21(32)15-10-28-23-18(15)22(29-11-30-23)27-9-12-4-5-12/h1-3,6-8,10-12,31H,4-5,9H2,(H2,27,28,29,30). The van der Waals surface area contributed by atoms with Crippen LogP contribution in [-0.4, -0.2) is 27.3 Å². The number of carbonyl (C=O) groups excluding carboxylic acids is 1. The maximum atomic E-state index is 15.3. The lowest BCUT2D eigenvalue weighted by molar-refractivity contribution is 0.103. The molecule has 168 valence electrons. The minimum absolute atomic E-state index is 0.0663. The van der Waals surface area contributed by atoms with Crippen LogP contribution in [-0.2, 0) is 0 Å². The Morgan fingerprint density at radius 2 is 2.00 bits per heavy atom. The molecule has 1 aliphatic carbocycles. The highest BCUT2D eigenvalue weighted by atomic mass is 32.2. The number of nitrogens with zero attached hydrogens (tertiary/aromatic N) is 2. The molecule has 6 nitrogen and oxygen atoms in total. The molecule has 0 atom stereocenters. The van der Waals surface area contributed by atoms with Gasteiger partial charge in [-0.25, -0.2) is 23.1 Å². The van der Waals surface area contributed by atoms with Crippen molar-refractivity contribution in [2.75, 3.05) is 16.6 Å². The van der Waals surface area contributed by atoms with Gasteiger partial charge in [0.15, 0.2) is 5.82 Å². The van der Waals surface area contributed by atoms with Crippen LogP contribution >= 0.6 is 11.9 Å². The number of rotatable bonds is 8. The third-order valence-corrected chi connectivity index (χ3v) is 6.17. The number of hydrogen-bond acceptors (Lipinski definition) is 6. The van der Waals surface area contributed by atoms with Crippen LogP contribution in [0.3, 0.4) is 0 Å². The number of anilines is 2. The Morgan fingerprint density at radius 1 is 1.15 bits per heavy atom. The maximum absolute atomic E-state index is 15.3. The van der Waals surface area contributed by atoms with Crippen molar-refractivity contribution in [3.05, 3.63) is 77.5 Å². The number of hydrogen-bond donors (Lipinski definition) is 3. The van der Waals surface area contributed by atoms with Crippen molar-refractivity contribution >= 4 is 40.3 Å². The second-order valence-corrected chi connectivity index (χ2v) is 8.63. The fraction of sp³-hybridized carbons (Fsp3) is 0.174.